The molecule has 2 rings (SSSR count). The van der Waals surface area contributed by atoms with Crippen LogP contribution < -0.4 is 0 Å². The van der Waals surface area contributed by atoms with Crippen LogP contribution in [-0.2, 0) is 4.79 Å². The molecule has 0 aromatic heterocycles. The third-order valence-electron chi connectivity index (χ3n) is 2.64. The molecule has 0 spiro atoms. The van der Waals surface area contributed by atoms with Crippen molar-refractivity contribution in [2.24, 2.45) is 10.1 Å². The highest BCUT2D eigenvalue weighted by atomic mass is 32.2. The molecular formula is C11H17N3OS. The molecule has 2 heterocycles. The number of hydrazone groups is 1. The van der Waals surface area contributed by atoms with Crippen LogP contribution in [0.25, 0.3) is 0 Å². The molecule has 1 fully saturated rings. The van der Waals surface area contributed by atoms with Gasteiger partial charge in [0, 0.05) is 12.1 Å². The smallest absolute Gasteiger partial charge is 0.262 e. The highest BCUT2D eigenvalue weighted by molar-refractivity contribution is 8.15. The number of carbonyl (C=O) groups excluding carboxylic acids is 1. The zero-order chi connectivity index (χ0) is 11.9. The van der Waals surface area contributed by atoms with E-state index in [2.05, 4.69) is 23.9 Å². The summed E-state index contributed by atoms with van der Waals surface area (Å²) in [6.45, 7) is 8.13. The van der Waals surface area contributed by atoms with Crippen molar-refractivity contribution in [3.63, 3.8) is 0 Å². The average Bonchev–Trinajstić information content (AvgIpc) is 2.38. The Balaban J connectivity index is 2.39. The Morgan fingerprint density at radius 1 is 1.56 bits per heavy atom. The summed E-state index contributed by atoms with van der Waals surface area (Å²) in [7, 11) is 0. The van der Waals surface area contributed by atoms with Gasteiger partial charge in [-0.15, -0.1) is 0 Å². The summed E-state index contributed by atoms with van der Waals surface area (Å²) in [4.78, 5) is 16.6. The van der Waals surface area contributed by atoms with Gasteiger partial charge in [0.1, 0.15) is 0 Å². The van der Waals surface area contributed by atoms with E-state index in [9.17, 15) is 4.79 Å². The lowest BCUT2D eigenvalue weighted by Crippen LogP contribution is -2.27. The SMILES string of the molecule is CC[C@H]1SC2=NC(C)(C)CC(C)=NN2C1=O. The maximum Gasteiger partial charge on any atom is 0.262 e. The highest BCUT2D eigenvalue weighted by Gasteiger charge is 2.40. The minimum absolute atomic E-state index is 0.0100. The van der Waals surface area contributed by atoms with E-state index in [0.29, 0.717) is 0 Å². The standard InChI is InChI=1S/C11H17N3OS/c1-5-8-9(15)14-10(16-8)12-11(3,4)6-7(2)13-14/h8H,5-6H2,1-4H3/t8-/m1/s1. The molecule has 1 amide bonds. The van der Waals surface area contributed by atoms with Crippen LogP contribution in [0.2, 0.25) is 0 Å². The average molecular weight is 239 g/mol. The van der Waals surface area contributed by atoms with Gasteiger partial charge >= 0.3 is 0 Å². The molecule has 0 aromatic rings. The zero-order valence-electron chi connectivity index (χ0n) is 10.1. The fraction of sp³-hybridized carbons (Fsp3) is 0.727. The molecule has 1 atom stereocenters. The molecule has 16 heavy (non-hydrogen) atoms. The van der Waals surface area contributed by atoms with Gasteiger partial charge in [-0.1, -0.05) is 18.7 Å². The van der Waals surface area contributed by atoms with Gasteiger partial charge in [-0.05, 0) is 27.2 Å². The van der Waals surface area contributed by atoms with Gasteiger partial charge in [0.25, 0.3) is 5.91 Å². The van der Waals surface area contributed by atoms with Gasteiger partial charge in [0.15, 0.2) is 5.17 Å². The molecule has 0 aliphatic carbocycles. The van der Waals surface area contributed by atoms with Crippen LogP contribution in [0, 0.1) is 0 Å². The number of amidine groups is 1. The van der Waals surface area contributed by atoms with E-state index in [1.807, 2.05) is 13.8 Å². The lowest BCUT2D eigenvalue weighted by atomic mass is 9.99. The number of hydrogen-bond donors (Lipinski definition) is 0. The third-order valence-corrected chi connectivity index (χ3v) is 3.94. The van der Waals surface area contributed by atoms with Gasteiger partial charge in [0.05, 0.1) is 10.8 Å². The minimum Gasteiger partial charge on any atom is -0.271 e. The van der Waals surface area contributed by atoms with E-state index in [0.717, 1.165) is 23.7 Å². The van der Waals surface area contributed by atoms with Crippen molar-refractivity contribution in [1.29, 1.82) is 0 Å². The number of nitrogens with zero attached hydrogens (tertiary/aromatic N) is 3. The lowest BCUT2D eigenvalue weighted by Gasteiger charge is -2.17. The van der Waals surface area contributed by atoms with Crippen molar-refractivity contribution in [3.05, 3.63) is 0 Å². The van der Waals surface area contributed by atoms with Crippen molar-refractivity contribution in [2.45, 2.75) is 51.3 Å². The van der Waals surface area contributed by atoms with Crippen LogP contribution in [0.3, 0.4) is 0 Å². The molecule has 4 nitrogen and oxygen atoms in total. The summed E-state index contributed by atoms with van der Waals surface area (Å²) in [6, 6.07) is 0. The van der Waals surface area contributed by atoms with Crippen LogP contribution in [0.1, 0.15) is 40.5 Å². The number of aliphatic imine (C=N–C) groups is 1. The summed E-state index contributed by atoms with van der Waals surface area (Å²) >= 11 is 1.54. The van der Waals surface area contributed by atoms with Gasteiger partial charge in [-0.3, -0.25) is 9.79 Å². The monoisotopic (exact) mass is 239 g/mol. The number of hydrogen-bond acceptors (Lipinski definition) is 4. The molecule has 0 saturated carbocycles. The molecule has 2 aliphatic rings. The van der Waals surface area contributed by atoms with E-state index in [1.54, 1.807) is 0 Å². The van der Waals surface area contributed by atoms with E-state index >= 15 is 0 Å². The first-order valence-electron chi connectivity index (χ1n) is 5.57. The van der Waals surface area contributed by atoms with Gasteiger partial charge in [-0.25, -0.2) is 0 Å². The second-order valence-electron chi connectivity index (χ2n) is 4.88. The summed E-state index contributed by atoms with van der Waals surface area (Å²) in [5.74, 6) is 0.0725. The molecule has 1 saturated heterocycles. The number of fused-ring (bicyclic) bond motifs is 1. The number of carbonyl (C=O) groups is 1. The summed E-state index contributed by atoms with van der Waals surface area (Å²) in [5, 5.41) is 6.60. The predicted molar refractivity (Wildman–Crippen MR) is 67.8 cm³/mol. The molecule has 0 N–H and O–H groups in total. The second-order valence-corrected chi connectivity index (χ2v) is 6.05. The largest absolute Gasteiger partial charge is 0.271 e. The summed E-state index contributed by atoms with van der Waals surface area (Å²) in [6.07, 6.45) is 1.63. The maximum atomic E-state index is 12.0. The zero-order valence-corrected chi connectivity index (χ0v) is 11.0. The fourth-order valence-corrected chi connectivity index (χ4v) is 3.16. The van der Waals surface area contributed by atoms with Crippen LogP contribution in [0.15, 0.2) is 10.1 Å². The Labute approximate surface area is 100 Å². The number of thioether (sulfide) groups is 1. The van der Waals surface area contributed by atoms with Gasteiger partial charge in [-0.2, -0.15) is 10.1 Å². The van der Waals surface area contributed by atoms with Gasteiger partial charge < -0.3 is 0 Å². The fourth-order valence-electron chi connectivity index (χ4n) is 2.01. The first-order valence-corrected chi connectivity index (χ1v) is 6.45. The van der Waals surface area contributed by atoms with Crippen LogP contribution >= 0.6 is 11.8 Å². The van der Waals surface area contributed by atoms with E-state index in [1.165, 1.54) is 16.8 Å². The maximum absolute atomic E-state index is 12.0. The first kappa shape index (κ1) is 11.6. The molecular weight excluding hydrogens is 222 g/mol. The van der Waals surface area contributed by atoms with Crippen LogP contribution in [-0.4, -0.2) is 32.6 Å². The van der Waals surface area contributed by atoms with Crippen LogP contribution in [0.5, 0.6) is 0 Å². The molecule has 5 heteroatoms. The highest BCUT2D eigenvalue weighted by Crippen LogP contribution is 2.33. The van der Waals surface area contributed by atoms with Crippen molar-refractivity contribution >= 4 is 28.5 Å². The topological polar surface area (TPSA) is 45.0 Å². The molecule has 2 aliphatic heterocycles. The quantitative estimate of drug-likeness (QED) is 0.704. The van der Waals surface area contributed by atoms with E-state index in [-0.39, 0.29) is 16.7 Å². The first-order chi connectivity index (χ1) is 7.43. The Kier molecular flexibility index (Phi) is 2.82. The predicted octanol–water partition coefficient (Wildman–Crippen LogP) is 2.25. The molecule has 0 aromatic carbocycles. The van der Waals surface area contributed by atoms with Crippen molar-refractivity contribution in [3.8, 4) is 0 Å². The third kappa shape index (κ3) is 2.00. The number of amides is 1. The molecule has 0 unspecified atom stereocenters. The van der Waals surface area contributed by atoms with E-state index in [4.69, 9.17) is 0 Å². The second kappa shape index (κ2) is 3.87. The Morgan fingerprint density at radius 3 is 2.88 bits per heavy atom. The summed E-state index contributed by atoms with van der Waals surface area (Å²) < 4.78 is 0. The van der Waals surface area contributed by atoms with Crippen molar-refractivity contribution in [2.75, 3.05) is 0 Å². The Hall–Kier alpha value is -0.840. The van der Waals surface area contributed by atoms with Crippen molar-refractivity contribution in [1.82, 2.24) is 5.01 Å². The normalized spacial score (nSPS) is 28.4. The molecule has 0 radical (unpaired) electrons. The number of rotatable bonds is 1. The van der Waals surface area contributed by atoms with Crippen molar-refractivity contribution < 1.29 is 4.79 Å². The summed E-state index contributed by atoms with van der Waals surface area (Å²) in [5.41, 5.74) is 0.808. The molecule has 0 bridgehead atoms. The lowest BCUT2D eigenvalue weighted by molar-refractivity contribution is -0.126. The minimum atomic E-state index is -0.159. The van der Waals surface area contributed by atoms with Gasteiger partial charge in [0.2, 0.25) is 0 Å². The Morgan fingerprint density at radius 2 is 2.25 bits per heavy atom. The molecule has 88 valence electrons. The Bertz CT molecular complexity index is 387. The van der Waals surface area contributed by atoms with Crippen LogP contribution in [0.4, 0.5) is 0 Å². The van der Waals surface area contributed by atoms with E-state index < -0.39 is 0 Å².